The second kappa shape index (κ2) is 10.6. The van der Waals surface area contributed by atoms with Gasteiger partial charge in [-0.2, -0.15) is 15.0 Å². The van der Waals surface area contributed by atoms with Gasteiger partial charge in [-0.15, -0.1) is 0 Å². The molecule has 0 atom stereocenters. The van der Waals surface area contributed by atoms with Crippen molar-refractivity contribution in [2.45, 2.75) is 39.3 Å². The summed E-state index contributed by atoms with van der Waals surface area (Å²) in [6.45, 7) is 4.36. The van der Waals surface area contributed by atoms with E-state index < -0.39 is 5.97 Å². The molecule has 0 aliphatic rings. The third-order valence-corrected chi connectivity index (χ3v) is 4.67. The summed E-state index contributed by atoms with van der Waals surface area (Å²) in [7, 11) is 1.54. The van der Waals surface area contributed by atoms with Gasteiger partial charge >= 0.3 is 12.0 Å². The Hall–Kier alpha value is -3.40. The van der Waals surface area contributed by atoms with Crippen LogP contribution < -0.4 is 20.5 Å². The van der Waals surface area contributed by atoms with Gasteiger partial charge in [-0.3, -0.25) is 9.36 Å². The normalized spacial score (nSPS) is 11.0. The zero-order valence-corrected chi connectivity index (χ0v) is 17.8. The van der Waals surface area contributed by atoms with Crippen LogP contribution in [-0.4, -0.2) is 50.9 Å². The molecule has 2 heterocycles. The lowest BCUT2D eigenvalue weighted by Gasteiger charge is -2.10. The Morgan fingerprint density at radius 2 is 2.06 bits per heavy atom. The Labute approximate surface area is 180 Å². The molecule has 3 rings (SSSR count). The number of hydrogen-bond donors (Lipinski definition) is 3. The Bertz CT molecular complexity index is 1040. The number of hydrogen-bond acceptors (Lipinski definition) is 8. The minimum atomic E-state index is -0.844. The molecule has 0 spiro atoms. The highest BCUT2D eigenvalue weighted by atomic mass is 16.5. The number of methoxy groups -OCH3 is 1. The van der Waals surface area contributed by atoms with Crippen LogP contribution in [0, 0.1) is 0 Å². The predicted octanol–water partition coefficient (Wildman–Crippen LogP) is 2.01. The molecule has 0 radical (unpaired) electrons. The van der Waals surface area contributed by atoms with Gasteiger partial charge in [0.25, 0.3) is 6.01 Å². The van der Waals surface area contributed by atoms with Gasteiger partial charge in [-0.25, -0.2) is 0 Å². The molecular weight excluding hydrogens is 400 g/mol. The number of unbranched alkanes of at least 4 members (excludes halogenated alkanes) is 1. The maximum absolute atomic E-state index is 10.9. The Morgan fingerprint density at radius 3 is 2.81 bits per heavy atom. The summed E-state index contributed by atoms with van der Waals surface area (Å²) in [4.78, 5) is 24.0. The maximum atomic E-state index is 10.9. The average molecular weight is 428 g/mol. The van der Waals surface area contributed by atoms with E-state index in [2.05, 4.69) is 27.2 Å². The quantitative estimate of drug-likeness (QED) is 0.370. The molecule has 10 heteroatoms. The Morgan fingerprint density at radius 1 is 1.26 bits per heavy atom. The van der Waals surface area contributed by atoms with Crippen LogP contribution in [0.4, 0.5) is 5.82 Å². The number of anilines is 1. The van der Waals surface area contributed by atoms with Gasteiger partial charge in [0.15, 0.2) is 17.0 Å². The number of carbonyl (C=O) groups is 1. The van der Waals surface area contributed by atoms with Crippen LogP contribution in [0.2, 0.25) is 0 Å². The van der Waals surface area contributed by atoms with Gasteiger partial charge in [-0.1, -0.05) is 37.6 Å². The van der Waals surface area contributed by atoms with Crippen LogP contribution in [0.3, 0.4) is 0 Å². The van der Waals surface area contributed by atoms with Gasteiger partial charge < -0.3 is 25.6 Å². The van der Waals surface area contributed by atoms with Crippen LogP contribution in [0.5, 0.6) is 12.0 Å². The molecule has 0 saturated heterocycles. The van der Waals surface area contributed by atoms with E-state index in [1.807, 2.05) is 28.8 Å². The van der Waals surface area contributed by atoms with E-state index in [1.54, 1.807) is 7.11 Å². The van der Waals surface area contributed by atoms with Crippen molar-refractivity contribution in [3.05, 3.63) is 35.4 Å². The number of nitrogen functional groups attached to an aromatic ring is 1. The molecular formula is C21H28N6O4. The van der Waals surface area contributed by atoms with Crippen LogP contribution in [0.1, 0.15) is 30.9 Å². The second-order valence-corrected chi connectivity index (χ2v) is 7.08. The first-order valence-corrected chi connectivity index (χ1v) is 10.2. The van der Waals surface area contributed by atoms with Gasteiger partial charge in [-0.05, 0) is 17.5 Å². The third kappa shape index (κ3) is 5.82. The van der Waals surface area contributed by atoms with E-state index >= 15 is 0 Å². The molecule has 0 saturated carbocycles. The van der Waals surface area contributed by atoms with Crippen molar-refractivity contribution in [2.24, 2.45) is 0 Å². The lowest BCUT2D eigenvalue weighted by Crippen LogP contribution is -2.20. The highest BCUT2D eigenvalue weighted by Crippen LogP contribution is 2.25. The highest BCUT2D eigenvalue weighted by molar-refractivity contribution is 5.83. The number of carboxylic acid groups (broad SMARTS) is 1. The van der Waals surface area contributed by atoms with Gasteiger partial charge in [0, 0.05) is 19.6 Å². The van der Waals surface area contributed by atoms with Gasteiger partial charge in [0.2, 0.25) is 0 Å². The first-order chi connectivity index (χ1) is 15.0. The number of fused-ring (bicyclic) bond motifs is 1. The lowest BCUT2D eigenvalue weighted by molar-refractivity contribution is -0.136. The molecule has 1 aromatic carbocycles. The molecule has 0 aliphatic heterocycles. The fourth-order valence-electron chi connectivity index (χ4n) is 3.16. The molecule has 4 N–H and O–H groups in total. The van der Waals surface area contributed by atoms with E-state index in [-0.39, 0.29) is 18.2 Å². The molecule has 0 bridgehead atoms. The van der Waals surface area contributed by atoms with Crippen molar-refractivity contribution >= 4 is 23.0 Å². The van der Waals surface area contributed by atoms with Crippen molar-refractivity contribution in [1.82, 2.24) is 24.8 Å². The smallest absolute Gasteiger partial charge is 0.320 e. The summed E-state index contributed by atoms with van der Waals surface area (Å²) < 4.78 is 12.8. The number of aliphatic carboxylic acids is 1. The van der Waals surface area contributed by atoms with E-state index in [0.717, 1.165) is 24.0 Å². The lowest BCUT2D eigenvalue weighted by atomic mass is 10.1. The number of benzene rings is 1. The second-order valence-electron chi connectivity index (χ2n) is 7.08. The van der Waals surface area contributed by atoms with E-state index in [0.29, 0.717) is 43.4 Å². The first-order valence-electron chi connectivity index (χ1n) is 10.2. The van der Waals surface area contributed by atoms with Crippen LogP contribution >= 0.6 is 0 Å². The van der Waals surface area contributed by atoms with Crippen LogP contribution in [0.15, 0.2) is 24.3 Å². The van der Waals surface area contributed by atoms with Crippen LogP contribution in [-0.2, 0) is 24.3 Å². The van der Waals surface area contributed by atoms with Crippen molar-refractivity contribution in [3.63, 3.8) is 0 Å². The molecule has 2 aromatic heterocycles. The van der Waals surface area contributed by atoms with Crippen LogP contribution in [0.25, 0.3) is 11.2 Å². The molecule has 31 heavy (non-hydrogen) atoms. The average Bonchev–Trinajstić information content (AvgIpc) is 3.09. The van der Waals surface area contributed by atoms with Crippen molar-refractivity contribution in [1.29, 1.82) is 0 Å². The molecule has 166 valence electrons. The molecule has 0 unspecified atom stereocenters. The van der Waals surface area contributed by atoms with E-state index in [9.17, 15) is 4.79 Å². The molecule has 0 fully saturated rings. The summed E-state index contributed by atoms with van der Waals surface area (Å²) >= 11 is 0. The number of imidazole rings is 1. The van der Waals surface area contributed by atoms with Crippen molar-refractivity contribution in [3.8, 4) is 12.0 Å². The summed E-state index contributed by atoms with van der Waals surface area (Å²) in [5.74, 6) is -0.597. The topological polar surface area (TPSA) is 137 Å². The molecule has 3 aromatic rings. The number of nitrogens with zero attached hydrogens (tertiary/aromatic N) is 4. The van der Waals surface area contributed by atoms with Crippen molar-refractivity contribution in [2.75, 3.05) is 26.0 Å². The monoisotopic (exact) mass is 428 g/mol. The minimum Gasteiger partial charge on any atom is -0.481 e. The summed E-state index contributed by atoms with van der Waals surface area (Å²) in [6, 6.07) is 8.14. The number of ether oxygens (including phenoxy) is 2. The van der Waals surface area contributed by atoms with Gasteiger partial charge in [0.05, 0.1) is 20.1 Å². The fourth-order valence-corrected chi connectivity index (χ4v) is 3.16. The molecule has 0 amide bonds. The number of aromatic nitrogens is 4. The number of nitrogens with one attached hydrogen (secondary N) is 1. The van der Waals surface area contributed by atoms with E-state index in [4.69, 9.17) is 20.3 Å². The zero-order chi connectivity index (χ0) is 22.2. The van der Waals surface area contributed by atoms with Gasteiger partial charge in [0.1, 0.15) is 0 Å². The standard InChI is InChI=1S/C21H28N6O4/c1-3-4-10-31-20-25-18(22)17-19(26-20)27(21(24-17)30-2)9-8-23-13-15-7-5-6-14(11-15)12-16(28)29/h5-7,11,23H,3-4,8-10,12-13H2,1-2H3,(H,28,29)(H2,22,25,26). The molecule has 10 nitrogen and oxygen atoms in total. The first kappa shape index (κ1) is 22.3. The Kier molecular flexibility index (Phi) is 7.60. The largest absolute Gasteiger partial charge is 0.481 e. The number of rotatable bonds is 12. The van der Waals surface area contributed by atoms with E-state index in [1.165, 1.54) is 0 Å². The Balaban J connectivity index is 1.68. The summed E-state index contributed by atoms with van der Waals surface area (Å²) in [5.41, 5.74) is 8.88. The highest BCUT2D eigenvalue weighted by Gasteiger charge is 2.17. The fraction of sp³-hybridized carbons (Fsp3) is 0.429. The SMILES string of the molecule is CCCCOc1nc(N)c2nc(OC)n(CCNCc3cccc(CC(=O)O)c3)c2n1. The third-order valence-electron chi connectivity index (χ3n) is 4.67. The maximum Gasteiger partial charge on any atom is 0.320 e. The van der Waals surface area contributed by atoms with Crippen molar-refractivity contribution < 1.29 is 19.4 Å². The molecule has 0 aliphatic carbocycles. The summed E-state index contributed by atoms with van der Waals surface area (Å²) in [5, 5.41) is 12.3. The zero-order valence-electron chi connectivity index (χ0n) is 17.8. The number of carboxylic acids is 1. The minimum absolute atomic E-state index is 0.00977. The number of nitrogens with two attached hydrogens (primary N) is 1. The predicted molar refractivity (Wildman–Crippen MR) is 116 cm³/mol. The summed E-state index contributed by atoms with van der Waals surface area (Å²) in [6.07, 6.45) is 1.92.